The Labute approximate surface area is 181 Å². The Morgan fingerprint density at radius 3 is 2.61 bits per heavy atom. The zero-order valence-electron chi connectivity index (χ0n) is 17.6. The van der Waals surface area contributed by atoms with Gasteiger partial charge in [0, 0.05) is 43.8 Å². The monoisotopic (exact) mass is 420 g/mol. The highest BCUT2D eigenvalue weighted by atomic mass is 16.6. The van der Waals surface area contributed by atoms with Crippen molar-refractivity contribution in [2.45, 2.75) is 37.3 Å². The van der Waals surface area contributed by atoms with Crippen LogP contribution in [0.3, 0.4) is 0 Å². The number of hydrogen-bond acceptors (Lipinski definition) is 5. The Bertz CT molecular complexity index is 1020. The minimum absolute atomic E-state index is 0.0000578. The van der Waals surface area contributed by atoms with E-state index in [0.717, 1.165) is 43.7 Å². The Kier molecular flexibility index (Phi) is 5.14. The number of amides is 1. The number of carbonyl (C=O) groups excluding carboxylic acids is 1. The van der Waals surface area contributed by atoms with E-state index in [1.54, 1.807) is 12.3 Å². The first-order valence-electron chi connectivity index (χ1n) is 11.0. The van der Waals surface area contributed by atoms with Crippen LogP contribution in [-0.4, -0.2) is 58.1 Å². The first-order valence-corrected chi connectivity index (χ1v) is 11.0. The molecule has 4 fully saturated rings. The van der Waals surface area contributed by atoms with Crippen LogP contribution in [0.2, 0.25) is 0 Å². The third kappa shape index (κ3) is 3.67. The van der Waals surface area contributed by atoms with Gasteiger partial charge in [0.25, 0.3) is 5.56 Å². The Hall–Kier alpha value is -2.93. The van der Waals surface area contributed by atoms with E-state index >= 15 is 0 Å². The zero-order valence-corrected chi connectivity index (χ0v) is 17.6. The van der Waals surface area contributed by atoms with Gasteiger partial charge in [0.05, 0.1) is 5.56 Å². The van der Waals surface area contributed by atoms with Gasteiger partial charge in [0.1, 0.15) is 12.4 Å². The Morgan fingerprint density at radius 1 is 1.19 bits per heavy atom. The van der Waals surface area contributed by atoms with Crippen LogP contribution in [0, 0.1) is 5.92 Å². The number of benzene rings is 1. The maximum atomic E-state index is 12.4. The molecule has 2 aromatic rings. The number of H-pyrrole nitrogens is 1. The van der Waals surface area contributed by atoms with Crippen molar-refractivity contribution in [2.24, 2.45) is 5.92 Å². The van der Waals surface area contributed by atoms with Crippen molar-refractivity contribution in [3.8, 4) is 0 Å². The number of aromatic amines is 1. The van der Waals surface area contributed by atoms with Gasteiger partial charge in [-0.15, -0.1) is 0 Å². The number of hydrogen-bond donors (Lipinski definition) is 1. The number of aromatic nitrogens is 2. The van der Waals surface area contributed by atoms with Gasteiger partial charge in [-0.2, -0.15) is 0 Å². The highest BCUT2D eigenvalue weighted by Gasteiger charge is 2.59. The molecule has 1 aromatic heterocycles. The minimum Gasteiger partial charge on any atom is -0.445 e. The summed E-state index contributed by atoms with van der Waals surface area (Å²) in [6, 6.07) is 10.2. The van der Waals surface area contributed by atoms with E-state index in [2.05, 4.69) is 21.4 Å². The highest BCUT2D eigenvalue weighted by Crippen LogP contribution is 2.60. The molecule has 0 spiro atoms. The van der Waals surface area contributed by atoms with Crippen molar-refractivity contribution in [1.82, 2.24) is 19.8 Å². The van der Waals surface area contributed by atoms with E-state index in [1.807, 2.05) is 35.2 Å². The average Bonchev–Trinajstić information content (AvgIpc) is 3.36. The van der Waals surface area contributed by atoms with Crippen molar-refractivity contribution in [2.75, 3.05) is 26.2 Å². The Balaban J connectivity index is 1.15. The van der Waals surface area contributed by atoms with Crippen molar-refractivity contribution < 1.29 is 9.53 Å². The van der Waals surface area contributed by atoms with Gasteiger partial charge < -0.3 is 14.6 Å². The Morgan fingerprint density at radius 2 is 1.94 bits per heavy atom. The number of ether oxygens (including phenoxy) is 1. The van der Waals surface area contributed by atoms with Crippen molar-refractivity contribution in [3.63, 3.8) is 0 Å². The van der Waals surface area contributed by atoms with E-state index in [-0.39, 0.29) is 17.1 Å². The molecule has 6 rings (SSSR count). The first kappa shape index (κ1) is 20.0. The molecule has 3 saturated carbocycles. The van der Waals surface area contributed by atoms with Gasteiger partial charge in [-0.05, 0) is 30.7 Å². The molecular formula is C24H28N4O3. The summed E-state index contributed by atoms with van der Waals surface area (Å²) in [5.41, 5.74) is 1.41. The van der Waals surface area contributed by atoms with Crippen molar-refractivity contribution in [3.05, 3.63) is 70.4 Å². The lowest BCUT2D eigenvalue weighted by molar-refractivity contribution is 0.0538. The molecule has 1 aliphatic heterocycles. The number of fused-ring (bicyclic) bond motifs is 1. The van der Waals surface area contributed by atoms with Crippen LogP contribution in [0.5, 0.6) is 0 Å². The summed E-state index contributed by atoms with van der Waals surface area (Å²) in [6.45, 7) is 7.06. The molecule has 0 radical (unpaired) electrons. The number of rotatable bonds is 5. The first-order chi connectivity index (χ1) is 15.1. The highest BCUT2D eigenvalue weighted by molar-refractivity contribution is 5.67. The molecule has 162 valence electrons. The summed E-state index contributed by atoms with van der Waals surface area (Å²) in [4.78, 5) is 36.5. The number of carbonyl (C=O) groups is 1. The summed E-state index contributed by atoms with van der Waals surface area (Å²) >= 11 is 0. The normalized spacial score (nSPS) is 27.5. The smallest absolute Gasteiger partial charge is 0.410 e. The van der Waals surface area contributed by atoms with Crippen LogP contribution in [0.4, 0.5) is 4.79 Å². The summed E-state index contributed by atoms with van der Waals surface area (Å²) in [5, 5.41) is 0. The van der Waals surface area contributed by atoms with E-state index in [0.29, 0.717) is 37.2 Å². The molecule has 7 heteroatoms. The summed E-state index contributed by atoms with van der Waals surface area (Å²) in [7, 11) is 0. The molecule has 1 aromatic carbocycles. The van der Waals surface area contributed by atoms with Crippen LogP contribution in [0.15, 0.2) is 47.9 Å². The van der Waals surface area contributed by atoms with Gasteiger partial charge in [-0.3, -0.25) is 9.69 Å². The fraction of sp³-hybridized carbons (Fsp3) is 0.458. The second-order valence-electron chi connectivity index (χ2n) is 9.00. The standard InChI is InChI=1S/C24H28N4O3/c1-2-18-15-25-22(26-21(18)29)24-12-19(13-24)20(14-24)27-8-10-28(11-9-27)23(30)31-16-17-6-4-3-5-7-17/h2-7,15,19-20H,1,8-14,16H2,(H,25,26,29). The third-order valence-corrected chi connectivity index (χ3v) is 7.25. The second-order valence-corrected chi connectivity index (χ2v) is 9.00. The maximum absolute atomic E-state index is 12.4. The van der Waals surface area contributed by atoms with Crippen molar-refractivity contribution >= 4 is 12.2 Å². The molecule has 3 aliphatic carbocycles. The molecule has 7 nitrogen and oxygen atoms in total. The van der Waals surface area contributed by atoms with Crippen LogP contribution in [0.1, 0.15) is 36.2 Å². The molecule has 1 amide bonds. The van der Waals surface area contributed by atoms with Gasteiger partial charge in [0.15, 0.2) is 0 Å². The third-order valence-electron chi connectivity index (χ3n) is 7.25. The summed E-state index contributed by atoms with van der Waals surface area (Å²) in [6.07, 6.45) is 6.11. The van der Waals surface area contributed by atoms with E-state index in [1.165, 1.54) is 0 Å². The lowest BCUT2D eigenvalue weighted by Crippen LogP contribution is -2.52. The van der Waals surface area contributed by atoms with E-state index in [4.69, 9.17) is 4.74 Å². The number of nitrogens with zero attached hydrogens (tertiary/aromatic N) is 3. The maximum Gasteiger partial charge on any atom is 0.410 e. The molecule has 31 heavy (non-hydrogen) atoms. The lowest BCUT2D eigenvalue weighted by atomic mass is 9.69. The van der Waals surface area contributed by atoms with Crippen LogP contribution >= 0.6 is 0 Å². The number of nitrogens with one attached hydrogen (secondary N) is 1. The second kappa shape index (κ2) is 7.96. The van der Waals surface area contributed by atoms with Gasteiger partial charge in [-0.1, -0.05) is 43.0 Å². The van der Waals surface area contributed by atoms with E-state index < -0.39 is 0 Å². The lowest BCUT2D eigenvalue weighted by Gasteiger charge is -2.40. The average molecular weight is 421 g/mol. The molecule has 1 saturated heterocycles. The molecule has 1 atom stereocenters. The zero-order chi connectivity index (χ0) is 21.4. The van der Waals surface area contributed by atoms with Crippen LogP contribution in [0.25, 0.3) is 6.08 Å². The summed E-state index contributed by atoms with van der Waals surface area (Å²) in [5.74, 6) is 1.46. The van der Waals surface area contributed by atoms with Crippen LogP contribution < -0.4 is 5.56 Å². The predicted octanol–water partition coefficient (Wildman–Crippen LogP) is 2.79. The predicted molar refractivity (Wildman–Crippen MR) is 118 cm³/mol. The van der Waals surface area contributed by atoms with Crippen LogP contribution in [-0.2, 0) is 16.8 Å². The molecule has 4 aliphatic rings. The molecule has 2 bridgehead atoms. The van der Waals surface area contributed by atoms with E-state index in [9.17, 15) is 9.59 Å². The fourth-order valence-corrected chi connectivity index (χ4v) is 5.53. The topological polar surface area (TPSA) is 78.5 Å². The largest absolute Gasteiger partial charge is 0.445 e. The van der Waals surface area contributed by atoms with Gasteiger partial charge in [0.2, 0.25) is 0 Å². The van der Waals surface area contributed by atoms with Crippen molar-refractivity contribution in [1.29, 1.82) is 0 Å². The molecule has 2 heterocycles. The van der Waals surface area contributed by atoms with Gasteiger partial charge >= 0.3 is 6.09 Å². The van der Waals surface area contributed by atoms with Gasteiger partial charge in [-0.25, -0.2) is 9.78 Å². The molecule has 1 N–H and O–H groups in total. The molecular weight excluding hydrogens is 392 g/mol. The fourth-order valence-electron chi connectivity index (χ4n) is 5.53. The SMILES string of the molecule is C=Cc1cnc(C23CC(C2)C(N2CCN(C(=O)OCc4ccccc4)CC2)C3)[nH]c1=O. The quantitative estimate of drug-likeness (QED) is 0.805. The summed E-state index contributed by atoms with van der Waals surface area (Å²) < 4.78 is 5.48. The number of piperazine rings is 1. The minimum atomic E-state index is -0.236. The molecule has 1 unspecified atom stereocenters.